The topological polar surface area (TPSA) is 78.9 Å². The van der Waals surface area contributed by atoms with Crippen LogP contribution in [0.2, 0.25) is 10.0 Å². The molecule has 0 spiro atoms. The first-order valence-corrected chi connectivity index (χ1v) is 23.0. The smallest absolute Gasteiger partial charge is 0.344 e. The fourth-order valence-electron chi connectivity index (χ4n) is 7.45. The van der Waals surface area contributed by atoms with Crippen LogP contribution >= 0.6 is 37.5 Å². The van der Waals surface area contributed by atoms with E-state index in [1.807, 2.05) is 121 Å². The maximum absolute atomic E-state index is 16.5. The highest BCUT2D eigenvalue weighted by molar-refractivity contribution is 7.86. The van der Waals surface area contributed by atoms with E-state index >= 15 is 9.13 Å². The van der Waals surface area contributed by atoms with Crippen molar-refractivity contribution in [3.8, 4) is 22.6 Å². The molecule has 1 aliphatic carbocycles. The number of halogens is 2. The molecule has 6 aromatic carbocycles. The van der Waals surface area contributed by atoms with Gasteiger partial charge in [-0.3, -0.25) is 0 Å². The van der Waals surface area contributed by atoms with Crippen molar-refractivity contribution in [2.24, 2.45) is 0 Å². The maximum Gasteiger partial charge on any atom is 0.344 e. The lowest BCUT2D eigenvalue weighted by atomic mass is 9.97. The third kappa shape index (κ3) is 7.86. The van der Waals surface area contributed by atoms with Crippen LogP contribution in [0.15, 0.2) is 146 Å². The van der Waals surface area contributed by atoms with Gasteiger partial charge in [0.2, 0.25) is 0 Å². The van der Waals surface area contributed by atoms with Gasteiger partial charge >= 0.3 is 5.97 Å². The normalized spacial score (nSPS) is 13.6. The molecule has 0 heterocycles. The molecule has 0 bridgehead atoms. The second-order valence-corrected chi connectivity index (χ2v) is 19.9. The Morgan fingerprint density at radius 2 is 0.964 bits per heavy atom. The van der Waals surface area contributed by atoms with Crippen LogP contribution in [0.5, 0.6) is 11.5 Å². The number of hydrogen-bond donors (Lipinski definition) is 0. The van der Waals surface area contributed by atoms with Crippen LogP contribution in [-0.4, -0.2) is 25.3 Å². The van der Waals surface area contributed by atoms with Crippen molar-refractivity contribution in [3.05, 3.63) is 156 Å². The Kier molecular flexibility index (Phi) is 12.5. The molecule has 0 radical (unpaired) electrons. The fraction of sp³-hybridized carbons (Fsp3) is 0.196. The zero-order valence-electron chi connectivity index (χ0n) is 31.0. The summed E-state index contributed by atoms with van der Waals surface area (Å²) in [6.45, 7) is 1.37. The van der Waals surface area contributed by atoms with E-state index in [-0.39, 0.29) is 39.8 Å². The van der Waals surface area contributed by atoms with Gasteiger partial charge in [-0.1, -0.05) is 151 Å². The highest BCUT2D eigenvalue weighted by Crippen LogP contribution is 2.55. The predicted octanol–water partition coefficient (Wildman–Crippen LogP) is 9.59. The Bertz CT molecular complexity index is 2300. The van der Waals surface area contributed by atoms with Gasteiger partial charge in [-0.05, 0) is 56.9 Å². The summed E-state index contributed by atoms with van der Waals surface area (Å²) in [5, 5.41) is 3.42. The first kappa shape index (κ1) is 39.7. The number of carbonyl (C=O) groups excluding carboxylic acids is 1. The molecular formula is C46H42Cl2O6P2. The van der Waals surface area contributed by atoms with Crippen molar-refractivity contribution >= 4 is 75.3 Å². The van der Waals surface area contributed by atoms with Gasteiger partial charge in [-0.25, -0.2) is 4.79 Å². The summed E-state index contributed by atoms with van der Waals surface area (Å²) >= 11 is 14.4. The molecule has 0 unspecified atom stereocenters. The molecule has 0 aliphatic heterocycles. The fourth-order valence-corrected chi connectivity index (χ4v) is 13.6. The van der Waals surface area contributed by atoms with E-state index in [0.29, 0.717) is 37.4 Å². The van der Waals surface area contributed by atoms with Gasteiger partial charge in [0.25, 0.3) is 0 Å². The van der Waals surface area contributed by atoms with Gasteiger partial charge < -0.3 is 23.3 Å². The average Bonchev–Trinajstić information content (AvgIpc) is 3.25. The molecule has 286 valence electrons. The van der Waals surface area contributed by atoms with Gasteiger partial charge in [0.05, 0.1) is 22.8 Å². The van der Waals surface area contributed by atoms with Crippen LogP contribution in [0.25, 0.3) is 11.1 Å². The molecule has 7 rings (SSSR count). The second-order valence-electron chi connectivity index (χ2n) is 13.6. The minimum atomic E-state index is -3.82. The molecule has 0 N–H and O–H groups in total. The van der Waals surface area contributed by atoms with E-state index < -0.39 is 26.9 Å². The minimum absolute atomic E-state index is 0.0639. The largest absolute Gasteiger partial charge is 0.488 e. The van der Waals surface area contributed by atoms with Crippen LogP contribution in [0.3, 0.4) is 0 Å². The molecule has 0 atom stereocenters. The molecule has 56 heavy (non-hydrogen) atoms. The van der Waals surface area contributed by atoms with E-state index in [0.717, 1.165) is 32.1 Å². The standard InChI is InChI=1S/C46H42Cl2O6P2/c1-2-52-42(49)32-53-45-38(47)28-30-40(55(50,34-20-10-4-11-21-34)35-22-12-5-13-23-35)43(45)44-41(31-29-39(48)46(44)54-33-18-8-3-9-19-33)56(51,36-24-14-6-15-25-36)37-26-16-7-17-27-37/h4-7,10-17,20-31,33H,2-3,8-9,18-19,32H2,1H3. The SMILES string of the molecule is CCOC(=O)COc1c(Cl)ccc(P(=O)(c2ccccc2)c2ccccc2)c1-c1c(P(=O)(c2ccccc2)c2ccccc2)ccc(Cl)c1OC1CCCCC1. The van der Waals surface area contributed by atoms with Gasteiger partial charge in [-0.15, -0.1) is 0 Å². The Balaban J connectivity index is 1.66. The van der Waals surface area contributed by atoms with Crippen LogP contribution in [-0.2, 0) is 18.7 Å². The third-order valence-electron chi connectivity index (χ3n) is 10.1. The summed E-state index contributed by atoms with van der Waals surface area (Å²) in [7, 11) is -7.62. The Labute approximate surface area is 338 Å². The third-order valence-corrected chi connectivity index (χ3v) is 16.9. The lowest BCUT2D eigenvalue weighted by Gasteiger charge is -2.31. The van der Waals surface area contributed by atoms with Crippen molar-refractivity contribution in [2.45, 2.75) is 45.1 Å². The van der Waals surface area contributed by atoms with Crippen molar-refractivity contribution in [2.75, 3.05) is 13.2 Å². The zero-order chi connectivity index (χ0) is 39.1. The summed E-state index contributed by atoms with van der Waals surface area (Å²) in [5.74, 6) is -0.271. The molecule has 1 aliphatic rings. The Hall–Kier alpha value is -4.57. The number of hydrogen-bond acceptors (Lipinski definition) is 6. The van der Waals surface area contributed by atoms with Crippen molar-refractivity contribution in [3.63, 3.8) is 0 Å². The summed E-state index contributed by atoms with van der Waals surface area (Å²) in [5.41, 5.74) is 0.607. The van der Waals surface area contributed by atoms with E-state index in [1.165, 1.54) is 0 Å². The predicted molar refractivity (Wildman–Crippen MR) is 230 cm³/mol. The zero-order valence-corrected chi connectivity index (χ0v) is 34.3. The monoisotopic (exact) mass is 822 g/mol. The molecule has 0 aromatic heterocycles. The van der Waals surface area contributed by atoms with Gasteiger partial charge in [0.15, 0.2) is 20.9 Å². The number of esters is 1. The van der Waals surface area contributed by atoms with E-state index in [2.05, 4.69) is 0 Å². The van der Waals surface area contributed by atoms with Crippen LogP contribution in [0.1, 0.15) is 39.0 Å². The van der Waals surface area contributed by atoms with E-state index in [1.54, 1.807) is 31.2 Å². The molecular weight excluding hydrogens is 781 g/mol. The van der Waals surface area contributed by atoms with Crippen LogP contribution < -0.4 is 41.3 Å². The van der Waals surface area contributed by atoms with Crippen LogP contribution in [0, 0.1) is 0 Å². The molecule has 0 amide bonds. The maximum atomic E-state index is 16.5. The van der Waals surface area contributed by atoms with Gasteiger partial charge in [0, 0.05) is 43.0 Å². The quantitative estimate of drug-likeness (QED) is 0.0854. The first-order valence-electron chi connectivity index (χ1n) is 18.8. The highest BCUT2D eigenvalue weighted by Gasteiger charge is 2.41. The molecule has 1 fully saturated rings. The van der Waals surface area contributed by atoms with E-state index in [4.69, 9.17) is 37.4 Å². The molecule has 6 aromatic rings. The molecule has 0 saturated heterocycles. The van der Waals surface area contributed by atoms with Crippen LogP contribution in [0.4, 0.5) is 0 Å². The summed E-state index contributed by atoms with van der Waals surface area (Å²) in [4.78, 5) is 12.9. The lowest BCUT2D eigenvalue weighted by Crippen LogP contribution is -2.31. The molecule has 10 heteroatoms. The van der Waals surface area contributed by atoms with Gasteiger partial charge in [0.1, 0.15) is 11.5 Å². The number of benzene rings is 6. The lowest BCUT2D eigenvalue weighted by molar-refractivity contribution is -0.145. The number of rotatable bonds is 13. The number of ether oxygens (including phenoxy) is 3. The highest BCUT2D eigenvalue weighted by atomic mass is 35.5. The molecule has 1 saturated carbocycles. The summed E-state index contributed by atoms with van der Waals surface area (Å²) in [6.07, 6.45) is 4.48. The summed E-state index contributed by atoms with van der Waals surface area (Å²) in [6, 6.07) is 43.9. The molecule has 6 nitrogen and oxygen atoms in total. The Morgan fingerprint density at radius 1 is 0.571 bits per heavy atom. The summed E-state index contributed by atoms with van der Waals surface area (Å²) < 4.78 is 51.6. The first-order chi connectivity index (χ1) is 27.3. The van der Waals surface area contributed by atoms with Gasteiger partial charge in [-0.2, -0.15) is 0 Å². The average molecular weight is 824 g/mol. The Morgan fingerprint density at radius 3 is 1.38 bits per heavy atom. The number of carbonyl (C=O) groups is 1. The minimum Gasteiger partial charge on any atom is -0.488 e. The van der Waals surface area contributed by atoms with Crippen molar-refractivity contribution in [1.82, 2.24) is 0 Å². The second kappa shape index (κ2) is 17.7. The van der Waals surface area contributed by atoms with Crippen molar-refractivity contribution in [1.29, 1.82) is 0 Å². The van der Waals surface area contributed by atoms with E-state index in [9.17, 15) is 4.79 Å². The van der Waals surface area contributed by atoms with Crippen molar-refractivity contribution < 1.29 is 28.1 Å².